The monoisotopic (exact) mass is 2210 g/mol. The third-order valence-electron chi connectivity index (χ3n) is 35.5. The second-order valence-corrected chi connectivity index (χ2v) is 387. The quantitative estimate of drug-likeness (QED) is 0.0284. The zero-order valence-corrected chi connectivity index (χ0v) is 100. The van der Waals surface area contributed by atoms with Crippen molar-refractivity contribution >= 4 is 206 Å². The van der Waals surface area contributed by atoms with E-state index in [0.717, 1.165) is 109 Å². The Bertz CT molecular complexity index is 5880. The molecule has 673 valence electrons. The number of allylic oxidation sites excluding steroid dienone is 6. The van der Waals surface area contributed by atoms with E-state index in [9.17, 15) is 51.1 Å². The maximum atomic E-state index is 13.9. The number of rotatable bonds is 33. The molecule has 6 unspecified atom stereocenters. The zero-order valence-electron chi connectivity index (χ0n) is 79.5. The molecule has 0 N–H and O–H groups in total. The third-order valence-corrected chi connectivity index (χ3v) is 1090. The first-order valence-electron chi connectivity index (χ1n) is 47.8. The molecule has 6 aliphatic carbocycles. The Morgan fingerprint density at radius 2 is 0.500 bits per heavy atom. The van der Waals surface area contributed by atoms with Crippen molar-refractivity contribution in [3.05, 3.63) is 331 Å². The van der Waals surface area contributed by atoms with Crippen molar-refractivity contribution in [2.75, 3.05) is 51.3 Å². The molecule has 10 aromatic carbocycles. The van der Waals surface area contributed by atoms with E-state index in [1.54, 1.807) is 0 Å². The first-order chi connectivity index (χ1) is 60.9. The number of hydrogen-bond acceptors (Lipinski definition) is 0. The Labute approximate surface area is 780 Å². The summed E-state index contributed by atoms with van der Waals surface area (Å²) in [5.74, 6) is -11.0. The molecule has 0 saturated carbocycles. The molecule has 0 radical (unpaired) electrons. The van der Waals surface area contributed by atoms with Crippen LogP contribution in [-0.4, -0.2) is 69.1 Å². The van der Waals surface area contributed by atoms with Crippen LogP contribution in [0.5, 0.6) is 0 Å². The molecule has 6 atom stereocenters. The van der Waals surface area contributed by atoms with Crippen molar-refractivity contribution < 1.29 is 21.6 Å². The molecule has 0 spiro atoms. The summed E-state index contributed by atoms with van der Waals surface area (Å²) in [5, 5.41) is 13.2. The van der Waals surface area contributed by atoms with E-state index in [2.05, 4.69) is 402 Å². The van der Waals surface area contributed by atoms with Gasteiger partial charge in [0.2, 0.25) is 0 Å². The van der Waals surface area contributed by atoms with E-state index in [-0.39, 0.29) is 0 Å². The molecule has 0 aliphatic heterocycles. The molecule has 0 saturated heterocycles. The molecule has 0 aromatic heterocycles. The Morgan fingerprint density at radius 1 is 0.281 bits per heavy atom. The van der Waals surface area contributed by atoms with Gasteiger partial charge in [-0.05, 0) is 0 Å². The average Bonchev–Trinajstić information content (AvgIpc) is 0.851. The van der Waals surface area contributed by atoms with Gasteiger partial charge in [-0.25, -0.2) is 0 Å². The van der Waals surface area contributed by atoms with E-state index < -0.39 is 109 Å². The van der Waals surface area contributed by atoms with Crippen LogP contribution in [0.15, 0.2) is 264 Å². The summed E-state index contributed by atoms with van der Waals surface area (Å²) in [7, 11) is 55.7. The molecule has 0 amide bonds. The van der Waals surface area contributed by atoms with Crippen molar-refractivity contribution in [3.8, 4) is 0 Å². The number of fused-ring (bicyclic) bond motifs is 6. The van der Waals surface area contributed by atoms with E-state index in [1.807, 2.05) is 0 Å². The molecule has 6 aliphatic rings. The zero-order chi connectivity index (χ0) is 91.6. The maximum absolute atomic E-state index is 13.9. The molecule has 128 heavy (non-hydrogen) atoms. The van der Waals surface area contributed by atoms with Crippen LogP contribution in [0.4, 0.5) is 0 Å². The summed E-state index contributed by atoms with van der Waals surface area (Å²) in [6.45, 7) is 50.9. The summed E-state index contributed by atoms with van der Waals surface area (Å²) >= 11 is 0. The standard InChI is InChI=1S/2C22H18P.2C18H26P.2C12H14P.3C2H7Si.6ClH.3Zr/c2*1-17-15-18-9-8-14-22(21(18)16-17)23(19-10-4-2-5-11-19)20-12-6-3-7-13-20;2*1-4-6-11-19(12-7-5-2)18-10-8-9-16-13-15(3)14-17(16)18;2*1-9-7-10-5-4-6-12(13(2)3)11(10)8-9;3*1-3-2;;;;;;;;;/h2*2-16H,1H3;2*8-10,13-14H,4-7,11-12H2,1-3H3;2*4-8H,1-3H3;3*3H,1-2H3;6*1H;;;/q;;;;;;;;;;;;;;;3*+2/p-6. The van der Waals surface area contributed by atoms with Gasteiger partial charge in [-0.3, -0.25) is 0 Å². The second kappa shape index (κ2) is 35.2. The summed E-state index contributed by atoms with van der Waals surface area (Å²) < 4.78 is -15.6. The second-order valence-electron chi connectivity index (χ2n) is 41.6. The molecule has 10 aromatic rings. The molecule has 18 heteroatoms. The van der Waals surface area contributed by atoms with Gasteiger partial charge < -0.3 is 0 Å². The van der Waals surface area contributed by atoms with Crippen LogP contribution in [0.1, 0.15) is 209 Å². The van der Waals surface area contributed by atoms with Crippen LogP contribution in [0, 0.1) is 0 Å². The van der Waals surface area contributed by atoms with Crippen LogP contribution >= 0.6 is 98.6 Å². The SMILES string of the molecule is CCCCP(CCCC)c1cccc2c1C=C(C)[CH]2[Zr]([Cl])([Cl])([CH]1C(C)=Cc2c1cccc2P(CCCC)CCCC)([SiH](C)C)[Zr]([Cl])([Cl])([CH]1C(C)=Cc2c1cccc2P(C)C)([CH]1C(C)=Cc2c1cccc2P(C)C)([SiH](C)C)[Zr]([Cl])([Cl])([CH]1C(C)=Cc2c1cccc2P(c1ccccc1)c1ccccc1)([CH]1C(C)=Cc2c1cccc2P(c1ccccc1)c1ccccc1)[SiH](C)C. The molecule has 16 rings (SSSR count). The van der Waals surface area contributed by atoms with Gasteiger partial charge in [0.05, 0.1) is 0 Å². The van der Waals surface area contributed by atoms with Crippen LogP contribution in [0.2, 0.25) is 39.3 Å². The summed E-state index contributed by atoms with van der Waals surface area (Å²) in [6, 6.07) is 90.6. The average molecular weight is 2220 g/mol. The Morgan fingerprint density at radius 3 is 0.734 bits per heavy atom. The predicted octanol–water partition coefficient (Wildman–Crippen LogP) is 31.5. The first kappa shape index (κ1) is 99.3. The van der Waals surface area contributed by atoms with Crippen molar-refractivity contribution in [3.63, 3.8) is 0 Å². The normalized spacial score (nSPS) is 20.4. The van der Waals surface area contributed by atoms with Crippen molar-refractivity contribution in [2.24, 2.45) is 0 Å². The molecule has 0 bridgehead atoms. The topological polar surface area (TPSA) is 0 Å². The van der Waals surface area contributed by atoms with Gasteiger partial charge in [-0.15, -0.1) is 0 Å². The fraction of sp³-hybridized carbons (Fsp3) is 0.345. The molecule has 0 heterocycles. The van der Waals surface area contributed by atoms with Crippen molar-refractivity contribution in [2.45, 2.75) is 182 Å². The van der Waals surface area contributed by atoms with Crippen molar-refractivity contribution in [1.82, 2.24) is 0 Å². The first-order valence-corrected chi connectivity index (χ1v) is 124. The molecular weight excluding hydrogens is 2080 g/mol. The summed E-state index contributed by atoms with van der Waals surface area (Å²) in [6.07, 6.45) is 29.7. The van der Waals surface area contributed by atoms with E-state index >= 15 is 0 Å². The number of hydrogen-bond donors (Lipinski definition) is 0. The summed E-state index contributed by atoms with van der Waals surface area (Å²) in [5.41, 5.74) is 21.5. The number of halogens is 6. The third kappa shape index (κ3) is 11.9. The van der Waals surface area contributed by atoms with E-state index in [1.165, 1.54) is 120 Å². The van der Waals surface area contributed by atoms with E-state index in [4.69, 9.17) is 0 Å². The molecule has 0 fully saturated rings. The van der Waals surface area contributed by atoms with Gasteiger partial charge in [0.1, 0.15) is 0 Å². The van der Waals surface area contributed by atoms with Crippen LogP contribution in [-0.2, 0) is 21.6 Å². The van der Waals surface area contributed by atoms with Gasteiger partial charge in [0.15, 0.2) is 0 Å². The Kier molecular flexibility index (Phi) is 27.3. The molecule has 0 nitrogen and oxygen atoms in total. The predicted molar refractivity (Wildman–Crippen MR) is 595 cm³/mol. The van der Waals surface area contributed by atoms with Gasteiger partial charge in [0.25, 0.3) is 0 Å². The molecular formula is C110H137Cl6P6Si3Zr3. The van der Waals surface area contributed by atoms with Crippen LogP contribution in [0.3, 0.4) is 0 Å². The number of unbranched alkanes of at least 4 members (excludes halogenated alkanes) is 4. The fourth-order valence-electron chi connectivity index (χ4n) is 31.7. The van der Waals surface area contributed by atoms with Crippen molar-refractivity contribution in [1.29, 1.82) is 0 Å². The summed E-state index contributed by atoms with van der Waals surface area (Å²) in [4.78, 5) is 0. The number of benzene rings is 10. The van der Waals surface area contributed by atoms with Gasteiger partial charge in [-0.1, -0.05) is 0 Å². The minimum atomic E-state index is -10.7. The van der Waals surface area contributed by atoms with E-state index in [0.29, 0.717) is 0 Å². The van der Waals surface area contributed by atoms with Crippen LogP contribution in [0.25, 0.3) is 36.5 Å². The Balaban J connectivity index is 1.31. The van der Waals surface area contributed by atoms with Crippen LogP contribution < -0.4 is 53.0 Å². The Hall–Kier alpha value is -1.74. The van der Waals surface area contributed by atoms with Gasteiger partial charge >= 0.3 is 791 Å². The fourth-order valence-corrected chi connectivity index (χ4v) is 1950. The van der Waals surface area contributed by atoms with Gasteiger partial charge in [0, 0.05) is 0 Å². The minimum absolute atomic E-state index is 0.706. The van der Waals surface area contributed by atoms with Gasteiger partial charge in [-0.2, -0.15) is 0 Å².